The number of likely N-dealkylation sites (tertiary alicyclic amines) is 1. The molecule has 1 amide bonds. The second-order valence-corrected chi connectivity index (χ2v) is 9.85. The molecule has 0 unspecified atom stereocenters. The van der Waals surface area contributed by atoms with Crippen molar-refractivity contribution in [3.05, 3.63) is 59.7 Å². The Hall–Kier alpha value is -2.42. The standard InChI is InChI=1S/C24H32N2O5S/c1-18(17-30-2)25-32(28,29)22-14-10-20(11-15-22)24(27)26-16-6-4-5-7-23(26)19-8-12-21(31-3)13-9-19/h8-15,18,23,25H,4-7,16-17H2,1-3H3/t18-,23+/m1/s1. The first kappa shape index (κ1) is 24.2. The van der Waals surface area contributed by atoms with Crippen LogP contribution < -0.4 is 9.46 Å². The van der Waals surface area contributed by atoms with Crippen molar-refractivity contribution < 1.29 is 22.7 Å². The molecule has 2 aromatic rings. The highest BCUT2D eigenvalue weighted by molar-refractivity contribution is 7.89. The van der Waals surface area contributed by atoms with Crippen LogP contribution in [0.5, 0.6) is 5.75 Å². The first-order chi connectivity index (χ1) is 15.4. The Morgan fingerprint density at radius 1 is 1.06 bits per heavy atom. The fraction of sp³-hybridized carbons (Fsp3) is 0.458. The summed E-state index contributed by atoms with van der Waals surface area (Å²) in [5, 5.41) is 0. The van der Waals surface area contributed by atoms with Crippen molar-refractivity contribution in [1.82, 2.24) is 9.62 Å². The van der Waals surface area contributed by atoms with Gasteiger partial charge >= 0.3 is 0 Å². The molecule has 7 nitrogen and oxygen atoms in total. The summed E-state index contributed by atoms with van der Waals surface area (Å²) in [6.45, 7) is 2.68. The maximum absolute atomic E-state index is 13.4. The summed E-state index contributed by atoms with van der Waals surface area (Å²) in [5.41, 5.74) is 1.56. The minimum atomic E-state index is -3.68. The van der Waals surface area contributed by atoms with E-state index in [-0.39, 0.29) is 29.5 Å². The number of rotatable bonds is 8. The molecule has 1 aliphatic heterocycles. The van der Waals surface area contributed by atoms with Gasteiger partial charge in [-0.1, -0.05) is 25.0 Å². The zero-order valence-corrected chi connectivity index (χ0v) is 19.7. The number of nitrogens with zero attached hydrogens (tertiary/aromatic N) is 1. The number of hydrogen-bond acceptors (Lipinski definition) is 5. The van der Waals surface area contributed by atoms with Crippen LogP contribution in [-0.4, -0.2) is 52.6 Å². The summed E-state index contributed by atoms with van der Waals surface area (Å²) in [5.74, 6) is 0.697. The van der Waals surface area contributed by atoms with Crippen molar-refractivity contribution in [2.45, 2.75) is 49.6 Å². The molecule has 3 rings (SSSR count). The second-order valence-electron chi connectivity index (χ2n) is 8.14. The SMILES string of the molecule is COC[C@@H](C)NS(=O)(=O)c1ccc(C(=O)N2CCCCC[C@H]2c2ccc(OC)cc2)cc1. The highest BCUT2D eigenvalue weighted by Crippen LogP contribution is 2.32. The Balaban J connectivity index is 1.80. The molecule has 0 spiro atoms. The lowest BCUT2D eigenvalue weighted by Crippen LogP contribution is -2.36. The van der Waals surface area contributed by atoms with Crippen LogP contribution in [0.15, 0.2) is 53.4 Å². The average molecular weight is 461 g/mol. The lowest BCUT2D eigenvalue weighted by atomic mass is 10.00. The van der Waals surface area contributed by atoms with Gasteiger partial charge in [-0.25, -0.2) is 13.1 Å². The van der Waals surface area contributed by atoms with Crippen LogP contribution in [0, 0.1) is 0 Å². The van der Waals surface area contributed by atoms with E-state index in [0.717, 1.165) is 37.0 Å². The number of sulfonamides is 1. The van der Waals surface area contributed by atoms with E-state index < -0.39 is 10.0 Å². The first-order valence-corrected chi connectivity index (χ1v) is 12.4. The molecule has 32 heavy (non-hydrogen) atoms. The average Bonchev–Trinajstić information content (AvgIpc) is 3.05. The van der Waals surface area contributed by atoms with Gasteiger partial charge in [-0.2, -0.15) is 0 Å². The zero-order chi connectivity index (χ0) is 23.1. The highest BCUT2D eigenvalue weighted by Gasteiger charge is 2.28. The summed E-state index contributed by atoms with van der Waals surface area (Å²) in [4.78, 5) is 15.4. The summed E-state index contributed by atoms with van der Waals surface area (Å²) < 4.78 is 37.9. The minimum Gasteiger partial charge on any atom is -0.497 e. The Kier molecular flexibility index (Phi) is 8.28. The van der Waals surface area contributed by atoms with Gasteiger partial charge in [-0.3, -0.25) is 4.79 Å². The molecule has 1 fully saturated rings. The van der Waals surface area contributed by atoms with Crippen molar-refractivity contribution >= 4 is 15.9 Å². The van der Waals surface area contributed by atoms with Crippen molar-refractivity contribution in [3.8, 4) is 5.75 Å². The number of carbonyl (C=O) groups is 1. The van der Waals surface area contributed by atoms with Crippen molar-refractivity contribution in [3.63, 3.8) is 0 Å². The molecule has 1 N–H and O–H groups in total. The van der Waals surface area contributed by atoms with Gasteiger partial charge in [0.05, 0.1) is 24.7 Å². The summed E-state index contributed by atoms with van der Waals surface area (Å²) in [6, 6.07) is 13.6. The van der Waals surface area contributed by atoms with E-state index in [1.54, 1.807) is 26.2 Å². The third kappa shape index (κ3) is 5.88. The number of ether oxygens (including phenoxy) is 2. The van der Waals surface area contributed by atoms with E-state index in [1.807, 2.05) is 29.2 Å². The second kappa shape index (κ2) is 10.9. The molecule has 1 aliphatic rings. The number of hydrogen-bond donors (Lipinski definition) is 1. The van der Waals surface area contributed by atoms with E-state index >= 15 is 0 Å². The Labute approximate surface area is 190 Å². The molecule has 174 valence electrons. The number of carbonyl (C=O) groups excluding carboxylic acids is 1. The predicted molar refractivity (Wildman–Crippen MR) is 123 cm³/mol. The van der Waals surface area contributed by atoms with E-state index in [1.165, 1.54) is 19.2 Å². The van der Waals surface area contributed by atoms with E-state index in [0.29, 0.717) is 12.1 Å². The molecular formula is C24H32N2O5S. The van der Waals surface area contributed by atoms with Gasteiger partial charge in [0.1, 0.15) is 5.75 Å². The monoisotopic (exact) mass is 460 g/mol. The molecule has 1 saturated heterocycles. The van der Waals surface area contributed by atoms with E-state index in [4.69, 9.17) is 9.47 Å². The third-order valence-corrected chi connectivity index (χ3v) is 7.30. The molecule has 0 aromatic heterocycles. The smallest absolute Gasteiger partial charge is 0.254 e. The Bertz CT molecular complexity index is 990. The summed E-state index contributed by atoms with van der Waals surface area (Å²) in [6.07, 6.45) is 3.99. The topological polar surface area (TPSA) is 84.9 Å². The Morgan fingerprint density at radius 2 is 1.75 bits per heavy atom. The van der Waals surface area contributed by atoms with Gasteiger partial charge in [0.25, 0.3) is 5.91 Å². The van der Waals surface area contributed by atoms with Gasteiger partial charge in [0.2, 0.25) is 10.0 Å². The predicted octanol–water partition coefficient (Wildman–Crippen LogP) is 3.77. The van der Waals surface area contributed by atoms with Gasteiger partial charge in [0.15, 0.2) is 0 Å². The van der Waals surface area contributed by atoms with Crippen LogP contribution in [0.4, 0.5) is 0 Å². The van der Waals surface area contributed by atoms with Crippen LogP contribution in [0.25, 0.3) is 0 Å². The van der Waals surface area contributed by atoms with Gasteiger partial charge < -0.3 is 14.4 Å². The van der Waals surface area contributed by atoms with Crippen molar-refractivity contribution in [2.24, 2.45) is 0 Å². The highest BCUT2D eigenvalue weighted by atomic mass is 32.2. The lowest BCUT2D eigenvalue weighted by Gasteiger charge is -2.31. The van der Waals surface area contributed by atoms with Gasteiger partial charge in [0, 0.05) is 25.3 Å². The first-order valence-electron chi connectivity index (χ1n) is 10.9. The molecular weight excluding hydrogens is 428 g/mol. The number of methoxy groups -OCH3 is 2. The molecule has 0 radical (unpaired) electrons. The van der Waals surface area contributed by atoms with Crippen LogP contribution in [0.1, 0.15) is 54.6 Å². The molecule has 0 saturated carbocycles. The third-order valence-electron chi connectivity index (χ3n) is 5.70. The maximum atomic E-state index is 13.4. The molecule has 0 bridgehead atoms. The number of benzene rings is 2. The molecule has 0 aliphatic carbocycles. The number of nitrogens with one attached hydrogen (secondary N) is 1. The Morgan fingerprint density at radius 3 is 2.38 bits per heavy atom. The lowest BCUT2D eigenvalue weighted by molar-refractivity contribution is 0.0681. The fourth-order valence-electron chi connectivity index (χ4n) is 4.08. The van der Waals surface area contributed by atoms with Crippen LogP contribution >= 0.6 is 0 Å². The quantitative estimate of drug-likeness (QED) is 0.648. The molecule has 1 heterocycles. The van der Waals surface area contributed by atoms with E-state index in [9.17, 15) is 13.2 Å². The normalized spacial score (nSPS) is 18.1. The van der Waals surface area contributed by atoms with Crippen LogP contribution in [0.2, 0.25) is 0 Å². The molecule has 8 heteroatoms. The largest absolute Gasteiger partial charge is 0.497 e. The van der Waals surface area contributed by atoms with Crippen LogP contribution in [0.3, 0.4) is 0 Å². The maximum Gasteiger partial charge on any atom is 0.254 e. The minimum absolute atomic E-state index is 0.0177. The molecule has 2 atom stereocenters. The van der Waals surface area contributed by atoms with Gasteiger partial charge in [-0.15, -0.1) is 0 Å². The fourth-order valence-corrected chi connectivity index (χ4v) is 5.31. The van der Waals surface area contributed by atoms with Crippen molar-refractivity contribution in [1.29, 1.82) is 0 Å². The zero-order valence-electron chi connectivity index (χ0n) is 18.9. The molecule has 2 aromatic carbocycles. The summed E-state index contributed by atoms with van der Waals surface area (Å²) >= 11 is 0. The summed E-state index contributed by atoms with van der Waals surface area (Å²) in [7, 11) is -0.528. The van der Waals surface area contributed by atoms with Gasteiger partial charge in [-0.05, 0) is 61.7 Å². The number of amides is 1. The van der Waals surface area contributed by atoms with Crippen LogP contribution in [-0.2, 0) is 14.8 Å². The van der Waals surface area contributed by atoms with E-state index in [2.05, 4.69) is 4.72 Å². The van der Waals surface area contributed by atoms with Crippen molar-refractivity contribution in [2.75, 3.05) is 27.4 Å².